The lowest BCUT2D eigenvalue weighted by Crippen LogP contribution is -2.42. The summed E-state index contributed by atoms with van der Waals surface area (Å²) < 4.78 is 29.4. The first-order chi connectivity index (χ1) is 15.1. The van der Waals surface area contributed by atoms with Gasteiger partial charge in [0.2, 0.25) is 0 Å². The van der Waals surface area contributed by atoms with Crippen molar-refractivity contribution in [3.05, 3.63) is 41.4 Å². The molecule has 0 fully saturated rings. The van der Waals surface area contributed by atoms with Crippen molar-refractivity contribution in [3.63, 3.8) is 0 Å². The van der Waals surface area contributed by atoms with E-state index in [4.69, 9.17) is 11.6 Å². The third-order valence-electron chi connectivity index (χ3n) is 4.91. The standard InChI is InChI=1S/C21H25ClF2N6O2/c1-4-13(23)7-25-17-5-16(14-9-29-30-11-12(22)6-27-19(14)30)26-8-15(17)20(31)28-10-18(24)21(2,3)32/h5-6,8-9,11,13,18,32H,4,7,10H2,1-3H3,(H,25,26)(H,28,31)/t13-,18?/m0/s1. The zero-order chi connectivity index (χ0) is 23.5. The molecule has 3 aromatic heterocycles. The quantitative estimate of drug-likeness (QED) is 0.446. The van der Waals surface area contributed by atoms with Crippen LogP contribution in [0.4, 0.5) is 14.5 Å². The van der Waals surface area contributed by atoms with Gasteiger partial charge in [0.05, 0.1) is 52.1 Å². The van der Waals surface area contributed by atoms with Gasteiger partial charge in [-0.2, -0.15) is 5.10 Å². The number of halogens is 3. The fourth-order valence-corrected chi connectivity index (χ4v) is 3.00. The summed E-state index contributed by atoms with van der Waals surface area (Å²) in [7, 11) is 0. The predicted octanol–water partition coefficient (Wildman–Crippen LogP) is 3.44. The van der Waals surface area contributed by atoms with E-state index in [-0.39, 0.29) is 18.7 Å². The number of nitrogens with one attached hydrogen (secondary N) is 2. The van der Waals surface area contributed by atoms with Gasteiger partial charge in [-0.3, -0.25) is 9.78 Å². The Kier molecular flexibility index (Phi) is 7.25. The van der Waals surface area contributed by atoms with Crippen LogP contribution in [-0.2, 0) is 0 Å². The molecule has 0 aliphatic carbocycles. The first-order valence-electron chi connectivity index (χ1n) is 10.1. The smallest absolute Gasteiger partial charge is 0.255 e. The highest BCUT2D eigenvalue weighted by atomic mass is 35.5. The maximum absolute atomic E-state index is 14.0. The van der Waals surface area contributed by atoms with Gasteiger partial charge in [-0.05, 0) is 26.3 Å². The molecule has 3 rings (SSSR count). The molecular weight excluding hydrogens is 442 g/mol. The van der Waals surface area contributed by atoms with Crippen LogP contribution in [0.15, 0.2) is 30.9 Å². The Balaban J connectivity index is 1.92. The number of rotatable bonds is 9. The molecule has 3 aromatic rings. The van der Waals surface area contributed by atoms with Gasteiger partial charge in [-0.1, -0.05) is 18.5 Å². The number of amides is 1. The van der Waals surface area contributed by atoms with Gasteiger partial charge >= 0.3 is 0 Å². The number of hydrogen-bond acceptors (Lipinski definition) is 6. The van der Waals surface area contributed by atoms with E-state index in [0.717, 1.165) is 0 Å². The van der Waals surface area contributed by atoms with Crippen LogP contribution in [0, 0.1) is 0 Å². The van der Waals surface area contributed by atoms with Crippen LogP contribution in [-0.4, -0.2) is 61.6 Å². The van der Waals surface area contributed by atoms with Crippen molar-refractivity contribution < 1.29 is 18.7 Å². The Labute approximate surface area is 189 Å². The Hall–Kier alpha value is -2.85. The molecule has 3 heterocycles. The van der Waals surface area contributed by atoms with Gasteiger partial charge in [-0.25, -0.2) is 18.3 Å². The fraction of sp³-hybridized carbons (Fsp3) is 0.429. The van der Waals surface area contributed by atoms with Crippen molar-refractivity contribution in [1.29, 1.82) is 0 Å². The molecule has 8 nitrogen and oxygen atoms in total. The molecule has 0 aromatic carbocycles. The van der Waals surface area contributed by atoms with E-state index in [9.17, 15) is 18.7 Å². The summed E-state index contributed by atoms with van der Waals surface area (Å²) in [5, 5.41) is 19.7. The minimum absolute atomic E-state index is 0.0156. The van der Waals surface area contributed by atoms with Gasteiger partial charge in [-0.15, -0.1) is 0 Å². The number of aliphatic hydroxyl groups is 1. The summed E-state index contributed by atoms with van der Waals surface area (Å²) in [4.78, 5) is 21.3. The second-order valence-electron chi connectivity index (χ2n) is 7.93. The van der Waals surface area contributed by atoms with Crippen LogP contribution in [0.2, 0.25) is 5.02 Å². The molecule has 0 spiro atoms. The SMILES string of the molecule is CC[C@H](F)CNc1cc(-c2cnn3cc(Cl)cnc23)ncc1C(=O)NCC(F)C(C)(C)O. The maximum Gasteiger partial charge on any atom is 0.255 e. The van der Waals surface area contributed by atoms with Crippen molar-refractivity contribution in [2.45, 2.75) is 45.1 Å². The van der Waals surface area contributed by atoms with Crippen LogP contribution in [0.1, 0.15) is 37.6 Å². The maximum atomic E-state index is 14.0. The highest BCUT2D eigenvalue weighted by molar-refractivity contribution is 6.30. The third kappa shape index (κ3) is 5.49. The fourth-order valence-electron chi connectivity index (χ4n) is 2.85. The molecule has 172 valence electrons. The van der Waals surface area contributed by atoms with Crippen molar-refractivity contribution in [2.24, 2.45) is 0 Å². The topological polar surface area (TPSA) is 104 Å². The molecule has 0 aliphatic rings. The van der Waals surface area contributed by atoms with Gasteiger partial charge < -0.3 is 15.7 Å². The van der Waals surface area contributed by atoms with Gasteiger partial charge in [0.1, 0.15) is 12.3 Å². The largest absolute Gasteiger partial charge is 0.387 e. The lowest BCUT2D eigenvalue weighted by molar-refractivity contribution is -0.00177. The number of anilines is 1. The highest BCUT2D eigenvalue weighted by Gasteiger charge is 2.27. The number of nitrogens with zero attached hydrogens (tertiary/aromatic N) is 4. The van der Waals surface area contributed by atoms with Crippen LogP contribution in [0.25, 0.3) is 16.9 Å². The number of aromatic nitrogens is 4. The summed E-state index contributed by atoms with van der Waals surface area (Å²) in [6, 6.07) is 1.59. The van der Waals surface area contributed by atoms with Crippen molar-refractivity contribution in [2.75, 3.05) is 18.4 Å². The minimum Gasteiger partial charge on any atom is -0.387 e. The van der Waals surface area contributed by atoms with Crippen LogP contribution in [0.3, 0.4) is 0 Å². The average molecular weight is 467 g/mol. The number of fused-ring (bicyclic) bond motifs is 1. The molecule has 0 saturated carbocycles. The lowest BCUT2D eigenvalue weighted by Gasteiger charge is -2.22. The molecule has 0 saturated heterocycles. The lowest BCUT2D eigenvalue weighted by atomic mass is 10.0. The molecule has 11 heteroatoms. The number of carbonyl (C=O) groups excluding carboxylic acids is 1. The van der Waals surface area contributed by atoms with E-state index in [1.807, 2.05) is 0 Å². The van der Waals surface area contributed by atoms with Crippen molar-refractivity contribution in [1.82, 2.24) is 24.9 Å². The summed E-state index contributed by atoms with van der Waals surface area (Å²) in [5.41, 5.74) is 0.407. The number of carbonyl (C=O) groups is 1. The molecular formula is C21H25ClF2N6O2. The average Bonchev–Trinajstić information content (AvgIpc) is 3.17. The summed E-state index contributed by atoms with van der Waals surface area (Å²) in [6.07, 6.45) is 3.48. The molecule has 0 bridgehead atoms. The first kappa shape index (κ1) is 23.8. The second kappa shape index (κ2) is 9.74. The normalized spacial score (nSPS) is 13.7. The predicted molar refractivity (Wildman–Crippen MR) is 118 cm³/mol. The van der Waals surface area contributed by atoms with Crippen molar-refractivity contribution in [3.8, 4) is 11.3 Å². The van der Waals surface area contributed by atoms with Gasteiger partial charge in [0.25, 0.3) is 5.91 Å². The molecule has 32 heavy (non-hydrogen) atoms. The first-order valence-corrected chi connectivity index (χ1v) is 10.5. The highest BCUT2D eigenvalue weighted by Crippen LogP contribution is 2.27. The van der Waals surface area contributed by atoms with E-state index in [1.54, 1.807) is 25.4 Å². The van der Waals surface area contributed by atoms with E-state index in [1.165, 1.54) is 30.8 Å². The number of pyridine rings is 1. The molecule has 0 aliphatic heterocycles. The van der Waals surface area contributed by atoms with Crippen LogP contribution < -0.4 is 10.6 Å². The molecule has 1 unspecified atom stereocenters. The van der Waals surface area contributed by atoms with Crippen LogP contribution in [0.5, 0.6) is 0 Å². The van der Waals surface area contributed by atoms with Gasteiger partial charge in [0.15, 0.2) is 5.65 Å². The van der Waals surface area contributed by atoms with E-state index in [2.05, 4.69) is 25.7 Å². The molecule has 1 amide bonds. The zero-order valence-corrected chi connectivity index (χ0v) is 18.7. The Morgan fingerprint density at radius 3 is 2.69 bits per heavy atom. The second-order valence-corrected chi connectivity index (χ2v) is 8.37. The van der Waals surface area contributed by atoms with E-state index >= 15 is 0 Å². The van der Waals surface area contributed by atoms with Crippen LogP contribution >= 0.6 is 11.6 Å². The Morgan fingerprint density at radius 2 is 2.00 bits per heavy atom. The molecule has 0 radical (unpaired) electrons. The molecule has 2 atom stereocenters. The zero-order valence-electron chi connectivity index (χ0n) is 17.9. The van der Waals surface area contributed by atoms with E-state index in [0.29, 0.717) is 34.0 Å². The number of alkyl halides is 2. The summed E-state index contributed by atoms with van der Waals surface area (Å²) in [6.45, 7) is 3.94. The minimum atomic E-state index is -1.66. The summed E-state index contributed by atoms with van der Waals surface area (Å²) >= 11 is 5.95. The summed E-state index contributed by atoms with van der Waals surface area (Å²) in [5.74, 6) is -0.602. The van der Waals surface area contributed by atoms with Crippen molar-refractivity contribution >= 4 is 28.8 Å². The third-order valence-corrected chi connectivity index (χ3v) is 5.11. The van der Waals surface area contributed by atoms with Gasteiger partial charge in [0, 0.05) is 18.9 Å². The monoisotopic (exact) mass is 466 g/mol. The van der Waals surface area contributed by atoms with E-state index < -0.39 is 23.9 Å². The number of hydrogen-bond donors (Lipinski definition) is 3. The molecule has 3 N–H and O–H groups in total. The Bertz CT molecular complexity index is 1100. The Morgan fingerprint density at radius 1 is 1.25 bits per heavy atom.